The second kappa shape index (κ2) is 4.30. The van der Waals surface area contributed by atoms with Crippen molar-refractivity contribution in [3.8, 4) is 0 Å². The van der Waals surface area contributed by atoms with E-state index < -0.39 is 0 Å². The van der Waals surface area contributed by atoms with E-state index in [9.17, 15) is 0 Å². The summed E-state index contributed by atoms with van der Waals surface area (Å²) in [7, 11) is 0. The Kier molecular flexibility index (Phi) is 2.81. The fraction of sp³-hybridized carbons (Fsp3) is 0.818. The molecule has 2 fully saturated rings. The molecule has 0 amide bonds. The van der Waals surface area contributed by atoms with Crippen molar-refractivity contribution in [2.24, 2.45) is 0 Å². The van der Waals surface area contributed by atoms with Crippen molar-refractivity contribution in [3.05, 3.63) is 6.33 Å². The molecule has 1 aliphatic heterocycles. The van der Waals surface area contributed by atoms with Crippen molar-refractivity contribution in [2.45, 2.75) is 37.6 Å². The summed E-state index contributed by atoms with van der Waals surface area (Å²) in [6.07, 6.45) is 8.40. The maximum atomic E-state index is 4.40. The van der Waals surface area contributed by atoms with Gasteiger partial charge in [-0.05, 0) is 12.8 Å². The molecule has 16 heavy (non-hydrogen) atoms. The minimum Gasteiger partial charge on any atom is -0.339 e. The lowest BCUT2D eigenvalue weighted by molar-refractivity contribution is 0.241. The van der Waals surface area contributed by atoms with E-state index in [4.69, 9.17) is 0 Å². The van der Waals surface area contributed by atoms with Gasteiger partial charge in [0.25, 0.3) is 0 Å². The average Bonchev–Trinajstić information content (AvgIpc) is 2.84. The Bertz CT molecular complexity index is 323. The number of nitrogens with zero attached hydrogens (tertiary/aromatic N) is 3. The van der Waals surface area contributed by atoms with Gasteiger partial charge in [-0.15, -0.1) is 0 Å². The lowest BCUT2D eigenvalue weighted by atomic mass is 9.79. The summed E-state index contributed by atoms with van der Waals surface area (Å²) in [6.45, 7) is 3.27. The van der Waals surface area contributed by atoms with Crippen molar-refractivity contribution in [2.75, 3.05) is 24.5 Å². The standard InChI is InChI=1S/C11H18N4S/c1-2-4-11(5-3-1)8-12-6-7-15(11)10-13-9-14-16-10/h9,12H,1-8H2. The van der Waals surface area contributed by atoms with E-state index in [-0.39, 0.29) is 0 Å². The van der Waals surface area contributed by atoms with Crippen molar-refractivity contribution < 1.29 is 0 Å². The summed E-state index contributed by atoms with van der Waals surface area (Å²) in [5, 5.41) is 4.67. The zero-order chi connectivity index (χ0) is 10.8. The molecule has 1 saturated heterocycles. The second-order valence-electron chi connectivity index (χ2n) is 4.84. The molecule has 1 spiro atoms. The molecule has 1 aromatic rings. The van der Waals surface area contributed by atoms with E-state index in [1.807, 2.05) is 0 Å². The van der Waals surface area contributed by atoms with Gasteiger partial charge < -0.3 is 10.2 Å². The van der Waals surface area contributed by atoms with Gasteiger partial charge in [0, 0.05) is 31.2 Å². The maximum Gasteiger partial charge on any atom is 0.205 e. The van der Waals surface area contributed by atoms with Crippen molar-refractivity contribution in [1.29, 1.82) is 0 Å². The quantitative estimate of drug-likeness (QED) is 0.807. The van der Waals surface area contributed by atoms with Crippen LogP contribution in [0.2, 0.25) is 0 Å². The highest BCUT2D eigenvalue weighted by molar-refractivity contribution is 7.09. The van der Waals surface area contributed by atoms with Gasteiger partial charge in [0.15, 0.2) is 0 Å². The molecule has 5 heteroatoms. The average molecular weight is 238 g/mol. The molecule has 0 aromatic carbocycles. The molecule has 0 radical (unpaired) electrons. The van der Waals surface area contributed by atoms with Crippen LogP contribution in [0.15, 0.2) is 6.33 Å². The summed E-state index contributed by atoms with van der Waals surface area (Å²) in [5.74, 6) is 0. The van der Waals surface area contributed by atoms with E-state index in [1.54, 1.807) is 6.33 Å². The molecule has 1 N–H and O–H groups in total. The zero-order valence-corrected chi connectivity index (χ0v) is 10.3. The minimum atomic E-state index is 0.329. The summed E-state index contributed by atoms with van der Waals surface area (Å²) in [4.78, 5) is 6.91. The monoisotopic (exact) mass is 238 g/mol. The van der Waals surface area contributed by atoms with Crippen LogP contribution >= 0.6 is 11.5 Å². The van der Waals surface area contributed by atoms with E-state index in [0.29, 0.717) is 5.54 Å². The third-order valence-electron chi connectivity index (χ3n) is 3.90. The van der Waals surface area contributed by atoms with Crippen LogP contribution < -0.4 is 10.2 Å². The number of aromatic nitrogens is 2. The Hall–Kier alpha value is -0.680. The van der Waals surface area contributed by atoms with Crippen LogP contribution in [-0.2, 0) is 0 Å². The van der Waals surface area contributed by atoms with Crippen LogP contribution in [0.4, 0.5) is 5.13 Å². The molecule has 2 aliphatic rings. The predicted octanol–water partition coefficient (Wildman–Crippen LogP) is 1.65. The van der Waals surface area contributed by atoms with E-state index >= 15 is 0 Å². The number of piperazine rings is 1. The van der Waals surface area contributed by atoms with Gasteiger partial charge in [0.05, 0.1) is 5.54 Å². The molecular formula is C11H18N4S. The maximum absolute atomic E-state index is 4.40. The number of hydrogen-bond acceptors (Lipinski definition) is 5. The molecular weight excluding hydrogens is 220 g/mol. The van der Waals surface area contributed by atoms with Crippen molar-refractivity contribution in [3.63, 3.8) is 0 Å². The van der Waals surface area contributed by atoms with Gasteiger partial charge in [-0.3, -0.25) is 0 Å². The molecule has 0 unspecified atom stereocenters. The second-order valence-corrected chi connectivity index (χ2v) is 5.60. The molecule has 0 bridgehead atoms. The third-order valence-corrected chi connectivity index (χ3v) is 4.59. The third kappa shape index (κ3) is 1.72. The van der Waals surface area contributed by atoms with Gasteiger partial charge in [-0.2, -0.15) is 4.37 Å². The van der Waals surface area contributed by atoms with E-state index in [0.717, 1.165) is 24.8 Å². The molecule has 2 heterocycles. The predicted molar refractivity (Wildman–Crippen MR) is 65.9 cm³/mol. The van der Waals surface area contributed by atoms with Gasteiger partial charge in [0.2, 0.25) is 5.13 Å². The Morgan fingerprint density at radius 2 is 2.19 bits per heavy atom. The van der Waals surface area contributed by atoms with E-state index in [2.05, 4.69) is 19.6 Å². The normalized spacial score (nSPS) is 24.9. The fourth-order valence-electron chi connectivity index (χ4n) is 3.09. The van der Waals surface area contributed by atoms with Crippen LogP contribution in [0, 0.1) is 0 Å². The Balaban J connectivity index is 1.88. The van der Waals surface area contributed by atoms with Crippen LogP contribution in [0.25, 0.3) is 0 Å². The number of anilines is 1. The molecule has 1 saturated carbocycles. The fourth-order valence-corrected chi connectivity index (χ4v) is 3.75. The zero-order valence-electron chi connectivity index (χ0n) is 9.48. The SMILES string of the molecule is c1nsc(N2CCNCC23CCCCC3)n1. The number of rotatable bonds is 1. The molecule has 1 aromatic heterocycles. The van der Waals surface area contributed by atoms with Gasteiger partial charge >= 0.3 is 0 Å². The van der Waals surface area contributed by atoms with Crippen LogP contribution in [-0.4, -0.2) is 34.5 Å². The van der Waals surface area contributed by atoms with Crippen molar-refractivity contribution in [1.82, 2.24) is 14.7 Å². The van der Waals surface area contributed by atoms with Crippen molar-refractivity contribution >= 4 is 16.7 Å². The van der Waals surface area contributed by atoms with Crippen LogP contribution in [0.1, 0.15) is 32.1 Å². The molecule has 4 nitrogen and oxygen atoms in total. The first kappa shape index (κ1) is 10.5. The summed E-state index contributed by atoms with van der Waals surface area (Å²) >= 11 is 1.53. The van der Waals surface area contributed by atoms with Crippen LogP contribution in [0.5, 0.6) is 0 Å². The van der Waals surface area contributed by atoms with E-state index in [1.165, 1.54) is 43.6 Å². The highest BCUT2D eigenvalue weighted by Gasteiger charge is 2.40. The Morgan fingerprint density at radius 1 is 1.31 bits per heavy atom. The van der Waals surface area contributed by atoms with Gasteiger partial charge in [-0.25, -0.2) is 4.98 Å². The highest BCUT2D eigenvalue weighted by Crippen LogP contribution is 2.37. The first-order valence-corrected chi connectivity index (χ1v) is 6.93. The first-order valence-electron chi connectivity index (χ1n) is 6.16. The smallest absolute Gasteiger partial charge is 0.205 e. The van der Waals surface area contributed by atoms with Gasteiger partial charge in [-0.1, -0.05) is 19.3 Å². The lowest BCUT2D eigenvalue weighted by Crippen LogP contribution is -2.62. The summed E-state index contributed by atoms with van der Waals surface area (Å²) in [5.41, 5.74) is 0.329. The largest absolute Gasteiger partial charge is 0.339 e. The Morgan fingerprint density at radius 3 is 2.94 bits per heavy atom. The molecule has 0 atom stereocenters. The highest BCUT2D eigenvalue weighted by atomic mass is 32.1. The topological polar surface area (TPSA) is 41.1 Å². The molecule has 3 rings (SSSR count). The molecule has 1 aliphatic carbocycles. The minimum absolute atomic E-state index is 0.329. The summed E-state index contributed by atoms with van der Waals surface area (Å²) < 4.78 is 4.14. The van der Waals surface area contributed by atoms with Crippen LogP contribution in [0.3, 0.4) is 0 Å². The number of nitrogens with one attached hydrogen (secondary N) is 1. The first-order chi connectivity index (χ1) is 7.91. The molecule has 88 valence electrons. The van der Waals surface area contributed by atoms with Gasteiger partial charge in [0.1, 0.15) is 6.33 Å². The lowest BCUT2D eigenvalue weighted by Gasteiger charge is -2.49. The Labute approximate surface area is 100 Å². The summed E-state index contributed by atoms with van der Waals surface area (Å²) in [6, 6.07) is 0. The number of hydrogen-bond donors (Lipinski definition) is 1.